The second kappa shape index (κ2) is 8.87. The van der Waals surface area contributed by atoms with Crippen molar-refractivity contribution in [1.82, 2.24) is 4.90 Å². The molecule has 0 bridgehead atoms. The third kappa shape index (κ3) is 5.32. The number of hydrogen-bond acceptors (Lipinski definition) is 3. The van der Waals surface area contributed by atoms with E-state index < -0.39 is 5.79 Å². The second-order valence-electron chi connectivity index (χ2n) is 7.28. The van der Waals surface area contributed by atoms with E-state index >= 15 is 0 Å². The summed E-state index contributed by atoms with van der Waals surface area (Å²) in [6, 6.07) is 20.1. The van der Waals surface area contributed by atoms with E-state index in [1.165, 1.54) is 0 Å². The summed E-state index contributed by atoms with van der Waals surface area (Å²) in [6.07, 6.45) is -0.121. The maximum absolute atomic E-state index is 12.5. The maximum Gasteiger partial charge on any atom is 0.237 e. The molecule has 1 heterocycles. The lowest BCUT2D eigenvalue weighted by Gasteiger charge is -2.31. The molecule has 0 aromatic heterocycles. The van der Waals surface area contributed by atoms with Crippen molar-refractivity contribution >= 4 is 17.5 Å². The number of halogens is 1. The summed E-state index contributed by atoms with van der Waals surface area (Å²) < 4.78 is 11.9. The van der Waals surface area contributed by atoms with Gasteiger partial charge in [0.1, 0.15) is 5.88 Å². The first-order valence-corrected chi connectivity index (χ1v) is 9.76. The molecular weight excluding hydrogens is 362 g/mol. The Morgan fingerprint density at radius 2 is 1.78 bits per heavy atom. The number of rotatable bonds is 7. The van der Waals surface area contributed by atoms with E-state index in [2.05, 4.69) is 12.1 Å². The predicted molar refractivity (Wildman–Crippen MR) is 107 cm³/mol. The first kappa shape index (κ1) is 19.9. The van der Waals surface area contributed by atoms with Gasteiger partial charge in [-0.25, -0.2) is 0 Å². The Kier molecular flexibility index (Phi) is 6.53. The number of carbonyl (C=O) groups is 1. The van der Waals surface area contributed by atoms with Gasteiger partial charge in [-0.3, -0.25) is 4.79 Å². The molecule has 5 heteroatoms. The summed E-state index contributed by atoms with van der Waals surface area (Å²) in [7, 11) is 0. The van der Waals surface area contributed by atoms with Crippen LogP contribution in [0.25, 0.3) is 0 Å². The average Bonchev–Trinajstić information content (AvgIpc) is 3.05. The number of carbonyl (C=O) groups excluding carboxylic acids is 1. The van der Waals surface area contributed by atoms with Crippen molar-refractivity contribution in [3.05, 3.63) is 71.8 Å². The van der Waals surface area contributed by atoms with Crippen molar-refractivity contribution in [3.8, 4) is 0 Å². The highest BCUT2D eigenvalue weighted by Crippen LogP contribution is 2.33. The highest BCUT2D eigenvalue weighted by molar-refractivity contribution is 6.27. The molecule has 3 rings (SSSR count). The molecule has 1 amide bonds. The quantitative estimate of drug-likeness (QED) is 0.668. The molecule has 0 radical (unpaired) electrons. The summed E-state index contributed by atoms with van der Waals surface area (Å²) in [5.41, 5.74) is 2.20. The number of hydrogen-bond donors (Lipinski definition) is 0. The predicted octanol–water partition coefficient (Wildman–Crippen LogP) is 4.19. The molecule has 0 saturated carbocycles. The molecule has 27 heavy (non-hydrogen) atoms. The fraction of sp³-hybridized carbons (Fsp3) is 0.409. The zero-order chi connectivity index (χ0) is 19.3. The Hall–Kier alpha value is -1.88. The summed E-state index contributed by atoms with van der Waals surface area (Å²) in [5.74, 6) is -0.733. The highest BCUT2D eigenvalue weighted by Gasteiger charge is 2.39. The van der Waals surface area contributed by atoms with Gasteiger partial charge in [-0.05, 0) is 25.0 Å². The second-order valence-corrected chi connectivity index (χ2v) is 7.55. The van der Waals surface area contributed by atoms with Crippen LogP contribution in [-0.2, 0) is 20.8 Å². The molecule has 2 aromatic carbocycles. The first-order valence-electron chi connectivity index (χ1n) is 9.23. The standard InChI is InChI=1S/C22H26ClNO3/c1-22(2)26-16-20(27-22)19(18-11-7-4-8-12-18)15-24(21(25)13-23)14-17-9-5-3-6-10-17/h3-12,19-20H,13-16H2,1-2H3. The SMILES string of the molecule is CC1(C)OCC(C(CN(Cc2ccccc2)C(=O)CCl)c2ccccc2)O1. The Balaban J connectivity index is 1.84. The molecule has 0 aliphatic carbocycles. The van der Waals surface area contributed by atoms with Crippen molar-refractivity contribution in [1.29, 1.82) is 0 Å². The maximum atomic E-state index is 12.5. The van der Waals surface area contributed by atoms with E-state index in [-0.39, 0.29) is 23.8 Å². The average molecular weight is 388 g/mol. The minimum absolute atomic E-state index is 0.00357. The van der Waals surface area contributed by atoms with Crippen LogP contribution in [0.2, 0.25) is 0 Å². The van der Waals surface area contributed by atoms with Gasteiger partial charge in [0.15, 0.2) is 5.79 Å². The number of nitrogens with zero attached hydrogens (tertiary/aromatic N) is 1. The van der Waals surface area contributed by atoms with Crippen molar-refractivity contribution in [2.24, 2.45) is 0 Å². The van der Waals surface area contributed by atoms with Gasteiger partial charge in [-0.1, -0.05) is 60.7 Å². The molecular formula is C22H26ClNO3. The van der Waals surface area contributed by atoms with Crippen molar-refractivity contribution in [2.75, 3.05) is 19.0 Å². The zero-order valence-electron chi connectivity index (χ0n) is 15.8. The van der Waals surface area contributed by atoms with Crippen molar-refractivity contribution < 1.29 is 14.3 Å². The van der Waals surface area contributed by atoms with Gasteiger partial charge >= 0.3 is 0 Å². The molecule has 0 N–H and O–H groups in total. The molecule has 1 saturated heterocycles. The smallest absolute Gasteiger partial charge is 0.237 e. The summed E-state index contributed by atoms with van der Waals surface area (Å²) in [4.78, 5) is 14.4. The molecule has 0 spiro atoms. The normalized spacial score (nSPS) is 19.6. The number of alkyl halides is 1. The van der Waals surface area contributed by atoms with Gasteiger partial charge in [0.25, 0.3) is 0 Å². The van der Waals surface area contributed by atoms with Crippen LogP contribution in [0.15, 0.2) is 60.7 Å². The van der Waals surface area contributed by atoms with E-state index in [1.54, 1.807) is 0 Å². The van der Waals surface area contributed by atoms with E-state index in [9.17, 15) is 4.79 Å². The van der Waals surface area contributed by atoms with Crippen LogP contribution in [0.1, 0.15) is 30.9 Å². The minimum Gasteiger partial charge on any atom is -0.348 e. The molecule has 2 unspecified atom stereocenters. The van der Waals surface area contributed by atoms with Gasteiger partial charge in [0.2, 0.25) is 5.91 Å². The van der Waals surface area contributed by atoms with Gasteiger partial charge in [-0.2, -0.15) is 0 Å². The largest absolute Gasteiger partial charge is 0.348 e. The molecule has 4 nitrogen and oxygen atoms in total. The van der Waals surface area contributed by atoms with Crippen molar-refractivity contribution in [2.45, 2.75) is 38.2 Å². The van der Waals surface area contributed by atoms with Gasteiger partial charge in [0.05, 0.1) is 12.7 Å². The lowest BCUT2D eigenvalue weighted by molar-refractivity contribution is -0.142. The fourth-order valence-corrected chi connectivity index (χ4v) is 3.60. The van der Waals surface area contributed by atoms with Crippen LogP contribution >= 0.6 is 11.6 Å². The Morgan fingerprint density at radius 1 is 1.15 bits per heavy atom. The number of ether oxygens (including phenoxy) is 2. The van der Waals surface area contributed by atoms with Gasteiger partial charge in [0, 0.05) is 19.0 Å². The van der Waals surface area contributed by atoms with E-state index in [0.717, 1.165) is 11.1 Å². The number of benzene rings is 2. The molecule has 1 fully saturated rings. The highest BCUT2D eigenvalue weighted by atomic mass is 35.5. The summed E-state index contributed by atoms with van der Waals surface area (Å²) in [5, 5.41) is 0. The topological polar surface area (TPSA) is 38.8 Å². The van der Waals surface area contributed by atoms with Gasteiger partial charge in [-0.15, -0.1) is 11.6 Å². The Morgan fingerprint density at radius 3 is 2.33 bits per heavy atom. The lowest BCUT2D eigenvalue weighted by atomic mass is 9.92. The van der Waals surface area contributed by atoms with Crippen LogP contribution in [0.5, 0.6) is 0 Å². The molecule has 2 aromatic rings. The van der Waals surface area contributed by atoms with Gasteiger partial charge < -0.3 is 14.4 Å². The molecule has 1 aliphatic heterocycles. The Bertz CT molecular complexity index is 736. The van der Waals surface area contributed by atoms with Crippen LogP contribution in [0.3, 0.4) is 0 Å². The molecule has 1 aliphatic rings. The monoisotopic (exact) mass is 387 g/mol. The molecule has 144 valence electrons. The van der Waals surface area contributed by atoms with Crippen LogP contribution in [-0.4, -0.2) is 41.7 Å². The molecule has 2 atom stereocenters. The lowest BCUT2D eigenvalue weighted by Crippen LogP contribution is -2.39. The van der Waals surface area contributed by atoms with Crippen molar-refractivity contribution in [3.63, 3.8) is 0 Å². The van der Waals surface area contributed by atoms with Crippen LogP contribution in [0, 0.1) is 0 Å². The first-order chi connectivity index (χ1) is 13.0. The third-order valence-electron chi connectivity index (χ3n) is 4.81. The van der Waals surface area contributed by atoms with E-state index in [1.807, 2.05) is 67.3 Å². The van der Waals surface area contributed by atoms with E-state index in [4.69, 9.17) is 21.1 Å². The third-order valence-corrected chi connectivity index (χ3v) is 5.04. The fourth-order valence-electron chi connectivity index (χ4n) is 3.43. The summed E-state index contributed by atoms with van der Waals surface area (Å²) >= 11 is 5.90. The number of amides is 1. The Labute approximate surface area is 166 Å². The van der Waals surface area contributed by atoms with Crippen LogP contribution < -0.4 is 0 Å². The zero-order valence-corrected chi connectivity index (χ0v) is 16.6. The van der Waals surface area contributed by atoms with Crippen LogP contribution in [0.4, 0.5) is 0 Å². The summed E-state index contributed by atoms with van der Waals surface area (Å²) in [6.45, 7) is 5.38. The van der Waals surface area contributed by atoms with E-state index in [0.29, 0.717) is 19.7 Å². The minimum atomic E-state index is -0.613.